The molecule has 5 heterocycles. The highest BCUT2D eigenvalue weighted by molar-refractivity contribution is 5.95. The van der Waals surface area contributed by atoms with Crippen molar-refractivity contribution in [1.29, 1.82) is 0 Å². The summed E-state index contributed by atoms with van der Waals surface area (Å²) in [5.41, 5.74) is 8.27. The van der Waals surface area contributed by atoms with E-state index in [0.717, 1.165) is 51.8 Å². The van der Waals surface area contributed by atoms with E-state index in [9.17, 15) is 24.0 Å². The number of H-pyrrole nitrogens is 1. The third kappa shape index (κ3) is 11.0. The number of likely N-dealkylation sites (N-methyl/N-ethyl adjacent to an activating group) is 1. The zero-order chi connectivity index (χ0) is 47.2. The number of carbonyl (C=O) groups is 5. The van der Waals surface area contributed by atoms with Gasteiger partial charge in [-0.1, -0.05) is 34.3 Å². The number of hydrogen-bond donors (Lipinski definition) is 3. The van der Waals surface area contributed by atoms with Crippen LogP contribution in [0.1, 0.15) is 90.9 Å². The van der Waals surface area contributed by atoms with Crippen LogP contribution in [0, 0.1) is 17.3 Å². The van der Waals surface area contributed by atoms with Crippen LogP contribution in [-0.4, -0.2) is 128 Å². The van der Waals surface area contributed by atoms with Gasteiger partial charge < -0.3 is 29.2 Å². The van der Waals surface area contributed by atoms with Crippen molar-refractivity contribution >= 4 is 40.5 Å². The Kier molecular flexibility index (Phi) is 15.6. The van der Waals surface area contributed by atoms with E-state index < -0.39 is 29.3 Å². The van der Waals surface area contributed by atoms with E-state index in [1.165, 1.54) is 17.9 Å². The van der Waals surface area contributed by atoms with Crippen molar-refractivity contribution in [3.05, 3.63) is 66.3 Å². The maximum atomic E-state index is 14.3. The third-order valence-electron chi connectivity index (χ3n) is 12.5. The van der Waals surface area contributed by atoms with Crippen molar-refractivity contribution in [3.8, 4) is 22.6 Å². The van der Waals surface area contributed by atoms with Crippen LogP contribution < -0.4 is 10.7 Å². The Morgan fingerprint density at radius 1 is 1.11 bits per heavy atom. The smallest absolute Gasteiger partial charge is 0.302 e. The molecule has 4 aromatic rings. The minimum Gasteiger partial charge on any atom is -0.465 e. The lowest BCUT2D eigenvalue weighted by Gasteiger charge is -2.35. The number of aromatic amines is 1. The Labute approximate surface area is 381 Å². The van der Waals surface area contributed by atoms with E-state index in [1.807, 2.05) is 32.9 Å². The predicted molar refractivity (Wildman–Crippen MR) is 247 cm³/mol. The molecule has 2 aliphatic rings. The Bertz CT molecular complexity index is 2380. The molecule has 0 bridgehead atoms. The van der Waals surface area contributed by atoms with E-state index in [0.29, 0.717) is 50.7 Å². The Morgan fingerprint density at radius 3 is 2.54 bits per heavy atom. The van der Waals surface area contributed by atoms with E-state index in [-0.39, 0.29) is 55.3 Å². The van der Waals surface area contributed by atoms with Gasteiger partial charge in [0.25, 0.3) is 5.91 Å². The summed E-state index contributed by atoms with van der Waals surface area (Å²) in [7, 11) is 3.27. The number of hydrazine groups is 1. The van der Waals surface area contributed by atoms with Crippen LogP contribution in [0.3, 0.4) is 0 Å². The number of pyridine rings is 1. The Morgan fingerprint density at radius 2 is 1.88 bits per heavy atom. The molecule has 350 valence electrons. The summed E-state index contributed by atoms with van der Waals surface area (Å²) in [6, 6.07) is 8.17. The molecule has 4 atom stereocenters. The first-order valence-electron chi connectivity index (χ1n) is 22.7. The summed E-state index contributed by atoms with van der Waals surface area (Å²) >= 11 is 0. The SMILES string of the molecule is C=CC(=O)N1CC[C@H](C(=O)N(C)[C@H](C(=O)N[C@@H](Cc2nc(-c3ccc4c(c3)c(CC(C)(C)COC(C)=O)c(-c3cccnc3[C@H](C)OC)n4CC)n[nH]2)C(=O)N2CCCCN2)C(C)C)C1. The van der Waals surface area contributed by atoms with Gasteiger partial charge in [-0.2, -0.15) is 5.10 Å². The van der Waals surface area contributed by atoms with Crippen LogP contribution in [0.15, 0.2) is 49.2 Å². The molecule has 3 N–H and O–H groups in total. The minimum absolute atomic E-state index is 0.00907. The number of nitrogens with one attached hydrogen (secondary N) is 3. The second kappa shape index (κ2) is 20.9. The minimum atomic E-state index is -1.04. The number of fused-ring (bicyclic) bond motifs is 1. The lowest BCUT2D eigenvalue weighted by Crippen LogP contribution is -2.59. The van der Waals surface area contributed by atoms with Gasteiger partial charge in [-0.05, 0) is 87.4 Å². The molecule has 0 spiro atoms. The lowest BCUT2D eigenvalue weighted by atomic mass is 9.84. The summed E-state index contributed by atoms with van der Waals surface area (Å²) in [5, 5.41) is 13.2. The zero-order valence-electron chi connectivity index (χ0n) is 39.4. The Balaban J connectivity index is 1.33. The number of likely N-dealkylation sites (tertiary alicyclic amines) is 1. The van der Waals surface area contributed by atoms with Crippen LogP contribution in [0.4, 0.5) is 0 Å². The normalized spacial score (nSPS) is 16.9. The van der Waals surface area contributed by atoms with Gasteiger partial charge in [0.05, 0.1) is 30.0 Å². The molecule has 0 radical (unpaired) electrons. The van der Waals surface area contributed by atoms with Crippen molar-refractivity contribution in [2.75, 3.05) is 46.9 Å². The van der Waals surface area contributed by atoms with E-state index in [2.05, 4.69) is 71.1 Å². The van der Waals surface area contributed by atoms with Crippen molar-refractivity contribution in [2.45, 2.75) is 105 Å². The number of aromatic nitrogens is 5. The van der Waals surface area contributed by atoms with Crippen LogP contribution in [-0.2, 0) is 52.8 Å². The van der Waals surface area contributed by atoms with Gasteiger partial charge in [-0.3, -0.25) is 39.1 Å². The quantitative estimate of drug-likeness (QED) is 0.0897. The molecular weight excluding hydrogens is 829 g/mol. The summed E-state index contributed by atoms with van der Waals surface area (Å²) in [6.07, 6.45) is 5.52. The van der Waals surface area contributed by atoms with Gasteiger partial charge in [-0.25, -0.2) is 10.4 Å². The number of methoxy groups -OCH3 is 1. The van der Waals surface area contributed by atoms with E-state index in [4.69, 9.17) is 19.4 Å². The van der Waals surface area contributed by atoms with E-state index in [1.54, 1.807) is 30.3 Å². The predicted octanol–water partition coefficient (Wildman–Crippen LogP) is 5.02. The molecule has 3 aromatic heterocycles. The number of nitrogens with zero attached hydrogens (tertiary/aromatic N) is 7. The molecule has 0 aliphatic carbocycles. The maximum absolute atomic E-state index is 14.3. The standard InChI is InChI=1S/C48H66N10O7/c1-11-40(60)56-23-19-33(27-56)46(62)55(9)42(29(3)4)45(61)51-37(47(63)58-22-14-13-21-50-58)25-39-52-44(54-53-39)32-17-18-38-35(24-32)36(26-48(7,8)28-65-31(6)59)43(57(38)12-2)34-16-15-20-49-41(34)30(5)64-10/h11,15-18,20,24,29-30,33,37,42,50H,1,12-14,19,21-23,25-28H2,2-10H3,(H,51,61)(H,52,53,54)/t30-,33-,37-,42-/m0/s1. The highest BCUT2D eigenvalue weighted by atomic mass is 16.5. The van der Waals surface area contributed by atoms with Crippen molar-refractivity contribution in [3.63, 3.8) is 0 Å². The maximum Gasteiger partial charge on any atom is 0.302 e. The highest BCUT2D eigenvalue weighted by Crippen LogP contribution is 2.41. The van der Waals surface area contributed by atoms with Crippen molar-refractivity contribution in [1.82, 2.24) is 50.3 Å². The molecule has 65 heavy (non-hydrogen) atoms. The Hall–Kier alpha value is -5.94. The number of rotatable bonds is 18. The molecular formula is C48H66N10O7. The first kappa shape index (κ1) is 48.5. The summed E-state index contributed by atoms with van der Waals surface area (Å²) in [4.78, 5) is 79.2. The van der Waals surface area contributed by atoms with Gasteiger partial charge >= 0.3 is 5.97 Å². The van der Waals surface area contributed by atoms with Crippen LogP contribution in [0.5, 0.6) is 0 Å². The fourth-order valence-corrected chi connectivity index (χ4v) is 9.13. The second-order valence-corrected chi connectivity index (χ2v) is 18.3. The molecule has 0 saturated carbocycles. The largest absolute Gasteiger partial charge is 0.465 e. The number of hydrogen-bond acceptors (Lipinski definition) is 11. The highest BCUT2D eigenvalue weighted by Gasteiger charge is 2.39. The molecule has 0 unspecified atom stereocenters. The topological polar surface area (TPSA) is 197 Å². The van der Waals surface area contributed by atoms with Crippen LogP contribution >= 0.6 is 0 Å². The molecule has 1 aromatic carbocycles. The van der Waals surface area contributed by atoms with Gasteiger partial charge in [0.1, 0.15) is 17.9 Å². The van der Waals surface area contributed by atoms with Crippen LogP contribution in [0.2, 0.25) is 0 Å². The summed E-state index contributed by atoms with van der Waals surface area (Å²) in [6.45, 7) is 19.6. The first-order chi connectivity index (χ1) is 31.0. The second-order valence-electron chi connectivity index (χ2n) is 18.3. The molecule has 17 nitrogen and oxygen atoms in total. The third-order valence-corrected chi connectivity index (χ3v) is 12.5. The molecule has 2 saturated heterocycles. The van der Waals surface area contributed by atoms with Crippen molar-refractivity contribution in [2.24, 2.45) is 17.3 Å². The monoisotopic (exact) mass is 895 g/mol. The van der Waals surface area contributed by atoms with Gasteiger partial charge in [0.2, 0.25) is 17.7 Å². The van der Waals surface area contributed by atoms with Gasteiger partial charge in [0.15, 0.2) is 5.82 Å². The number of carbonyl (C=O) groups excluding carboxylic acids is 5. The van der Waals surface area contributed by atoms with Crippen molar-refractivity contribution < 1.29 is 33.4 Å². The fourth-order valence-electron chi connectivity index (χ4n) is 9.13. The van der Waals surface area contributed by atoms with Crippen LogP contribution in [0.25, 0.3) is 33.5 Å². The number of benzene rings is 1. The number of aryl methyl sites for hydroxylation is 1. The molecule has 2 aliphatic heterocycles. The first-order valence-corrected chi connectivity index (χ1v) is 22.7. The molecule has 2 fully saturated rings. The fraction of sp³-hybridized carbons (Fsp3) is 0.542. The lowest BCUT2D eigenvalue weighted by molar-refractivity contribution is -0.146. The van der Waals surface area contributed by atoms with Gasteiger partial charge in [0, 0.05) is 93.9 Å². The number of amides is 4. The average Bonchev–Trinajstić information content (AvgIpc) is 4.05. The summed E-state index contributed by atoms with van der Waals surface area (Å²) in [5.74, 6) is -1.55. The average molecular weight is 895 g/mol. The zero-order valence-corrected chi connectivity index (χ0v) is 39.4. The molecule has 4 amide bonds. The number of ether oxygens (including phenoxy) is 2. The molecule has 6 rings (SSSR count). The molecule has 17 heteroatoms. The summed E-state index contributed by atoms with van der Waals surface area (Å²) < 4.78 is 13.6. The number of esters is 1. The van der Waals surface area contributed by atoms with E-state index >= 15 is 0 Å². The van der Waals surface area contributed by atoms with Gasteiger partial charge in [-0.15, -0.1) is 0 Å².